The number of halogens is 1. The Kier molecular flexibility index (Phi) is 2.59. The Balaban J connectivity index is 3.41. The van der Waals surface area contributed by atoms with Gasteiger partial charge < -0.3 is 5.11 Å². The zero-order valence-electron chi connectivity index (χ0n) is 3.19. The van der Waals surface area contributed by atoms with Gasteiger partial charge in [-0.2, -0.15) is 0 Å². The summed E-state index contributed by atoms with van der Waals surface area (Å²) in [5, 5.41) is 7.88. The van der Waals surface area contributed by atoms with Crippen molar-refractivity contribution in [3.05, 3.63) is 23.9 Å². The Morgan fingerprint density at radius 2 is 2.33 bits per heavy atom. The van der Waals surface area contributed by atoms with Crippen LogP contribution in [0.1, 0.15) is 0 Å². The van der Waals surface area contributed by atoms with E-state index in [4.69, 9.17) is 16.7 Å². The van der Waals surface area contributed by atoms with Crippen molar-refractivity contribution < 1.29 is 5.11 Å². The van der Waals surface area contributed by atoms with Gasteiger partial charge in [0.2, 0.25) is 0 Å². The molecule has 0 rings (SSSR count). The summed E-state index contributed by atoms with van der Waals surface area (Å²) in [6.07, 6.45) is 2.70. The fourth-order valence-corrected chi connectivity index (χ4v) is 0.186. The summed E-state index contributed by atoms with van der Waals surface area (Å²) in [6.45, 7) is 3.28. The van der Waals surface area contributed by atoms with Crippen molar-refractivity contribution in [2.45, 2.75) is 0 Å². The van der Waals surface area contributed by atoms with E-state index in [9.17, 15) is 0 Å². The quantitative estimate of drug-likeness (QED) is 0.397. The maximum Gasteiger partial charge on any atom is 0.184 e. The predicted molar refractivity (Wildman–Crippen MR) is 26.8 cm³/mol. The van der Waals surface area contributed by atoms with Crippen molar-refractivity contribution in [2.75, 3.05) is 0 Å². The van der Waals surface area contributed by atoms with E-state index in [0.717, 1.165) is 0 Å². The molecule has 0 bridgehead atoms. The molecule has 0 aliphatic rings. The first-order chi connectivity index (χ1) is 2.77. The fraction of sp³-hybridized carbons (Fsp3) is 0. The van der Waals surface area contributed by atoms with Crippen LogP contribution in [-0.4, -0.2) is 5.11 Å². The minimum absolute atomic E-state index is 0.231. The second-order valence-electron chi connectivity index (χ2n) is 0.725. The van der Waals surface area contributed by atoms with Gasteiger partial charge in [0, 0.05) is 0 Å². The van der Waals surface area contributed by atoms with Gasteiger partial charge in [-0.25, -0.2) is 0 Å². The van der Waals surface area contributed by atoms with Gasteiger partial charge in [-0.1, -0.05) is 12.7 Å². The highest BCUT2D eigenvalue weighted by atomic mass is 35.5. The van der Waals surface area contributed by atoms with Crippen LogP contribution in [-0.2, 0) is 0 Å². The zero-order valence-corrected chi connectivity index (χ0v) is 3.94. The van der Waals surface area contributed by atoms with Gasteiger partial charge in [0.1, 0.15) is 0 Å². The van der Waals surface area contributed by atoms with E-state index < -0.39 is 0 Å². The molecule has 0 fully saturated rings. The molecule has 0 aliphatic carbocycles. The van der Waals surface area contributed by atoms with Gasteiger partial charge in [0.25, 0.3) is 0 Å². The lowest BCUT2D eigenvalue weighted by atomic mass is 10.6. The van der Waals surface area contributed by atoms with E-state index in [1.165, 1.54) is 12.2 Å². The van der Waals surface area contributed by atoms with Gasteiger partial charge in [-0.3, -0.25) is 0 Å². The van der Waals surface area contributed by atoms with Crippen LogP contribution in [0.25, 0.3) is 0 Å². The summed E-state index contributed by atoms with van der Waals surface area (Å²) >= 11 is 4.92. The standard InChI is InChI=1S/C4H5ClO/c1-2-3-4(5)6/h2-3,6H,1H2/b4-3-. The SMILES string of the molecule is C=C/C=C(\O)Cl. The van der Waals surface area contributed by atoms with Gasteiger partial charge in [-0.05, 0) is 17.7 Å². The molecule has 0 aromatic carbocycles. The highest BCUT2D eigenvalue weighted by Crippen LogP contribution is 1.91. The summed E-state index contributed by atoms with van der Waals surface area (Å²) in [7, 11) is 0. The second kappa shape index (κ2) is 2.79. The van der Waals surface area contributed by atoms with Crippen LogP contribution in [0, 0.1) is 0 Å². The van der Waals surface area contributed by atoms with E-state index in [1.54, 1.807) is 0 Å². The Hall–Kier alpha value is -0.430. The number of hydrogen-bond donors (Lipinski definition) is 1. The monoisotopic (exact) mass is 104 g/mol. The van der Waals surface area contributed by atoms with Crippen LogP contribution in [0.5, 0.6) is 0 Å². The van der Waals surface area contributed by atoms with Crippen molar-refractivity contribution in [2.24, 2.45) is 0 Å². The minimum atomic E-state index is -0.231. The predicted octanol–water partition coefficient (Wildman–Crippen LogP) is 1.81. The number of hydrogen-bond acceptors (Lipinski definition) is 1. The minimum Gasteiger partial charge on any atom is -0.499 e. The molecule has 0 saturated heterocycles. The third-order valence-electron chi connectivity index (χ3n) is 0.255. The molecular weight excluding hydrogens is 99.5 g/mol. The van der Waals surface area contributed by atoms with Crippen LogP contribution < -0.4 is 0 Å². The van der Waals surface area contributed by atoms with Crippen LogP contribution >= 0.6 is 11.6 Å². The molecule has 0 radical (unpaired) electrons. The average molecular weight is 105 g/mol. The summed E-state index contributed by atoms with van der Waals surface area (Å²) in [4.78, 5) is 0. The third kappa shape index (κ3) is 3.57. The van der Waals surface area contributed by atoms with Crippen LogP contribution in [0.2, 0.25) is 0 Å². The molecule has 0 amide bonds. The second-order valence-corrected chi connectivity index (χ2v) is 1.11. The summed E-state index contributed by atoms with van der Waals surface area (Å²) < 4.78 is 0. The van der Waals surface area contributed by atoms with Crippen molar-refractivity contribution >= 4 is 11.6 Å². The summed E-state index contributed by atoms with van der Waals surface area (Å²) in [6, 6.07) is 0. The lowest BCUT2D eigenvalue weighted by molar-refractivity contribution is 0.453. The lowest BCUT2D eigenvalue weighted by Gasteiger charge is -1.73. The molecule has 2 heteroatoms. The molecule has 0 aliphatic heterocycles. The molecule has 0 unspecified atom stereocenters. The molecule has 1 nitrogen and oxygen atoms in total. The van der Waals surface area contributed by atoms with Crippen molar-refractivity contribution in [1.29, 1.82) is 0 Å². The molecule has 1 N–H and O–H groups in total. The Labute approximate surface area is 41.6 Å². The topological polar surface area (TPSA) is 20.2 Å². The largest absolute Gasteiger partial charge is 0.499 e. The first-order valence-corrected chi connectivity index (χ1v) is 1.82. The smallest absolute Gasteiger partial charge is 0.184 e. The lowest BCUT2D eigenvalue weighted by Crippen LogP contribution is -1.56. The van der Waals surface area contributed by atoms with Crippen LogP contribution in [0.3, 0.4) is 0 Å². The van der Waals surface area contributed by atoms with Gasteiger partial charge in [-0.15, -0.1) is 0 Å². The molecule has 34 valence electrons. The Morgan fingerprint density at radius 3 is 2.33 bits per heavy atom. The van der Waals surface area contributed by atoms with Crippen LogP contribution in [0.4, 0.5) is 0 Å². The molecule has 0 aromatic rings. The highest BCUT2D eigenvalue weighted by Gasteiger charge is 1.70. The van der Waals surface area contributed by atoms with E-state index in [-0.39, 0.29) is 5.22 Å². The molecular formula is C4H5ClO. The van der Waals surface area contributed by atoms with Crippen LogP contribution in [0.15, 0.2) is 23.9 Å². The first kappa shape index (κ1) is 5.57. The highest BCUT2D eigenvalue weighted by molar-refractivity contribution is 6.28. The maximum atomic E-state index is 8.11. The number of aliphatic hydroxyl groups is 1. The van der Waals surface area contributed by atoms with Gasteiger partial charge in [0.15, 0.2) is 5.22 Å². The maximum absolute atomic E-state index is 8.11. The molecule has 0 spiro atoms. The molecule has 0 saturated carbocycles. The van der Waals surface area contributed by atoms with Crippen molar-refractivity contribution in [1.82, 2.24) is 0 Å². The normalized spacial score (nSPS) is 11.2. The molecule has 0 heterocycles. The summed E-state index contributed by atoms with van der Waals surface area (Å²) in [5.41, 5.74) is 0. The average Bonchev–Trinajstić information content (AvgIpc) is 1.35. The van der Waals surface area contributed by atoms with Gasteiger partial charge >= 0.3 is 0 Å². The van der Waals surface area contributed by atoms with E-state index in [1.807, 2.05) is 0 Å². The number of allylic oxidation sites excluding steroid dienone is 2. The number of aliphatic hydroxyl groups excluding tert-OH is 1. The summed E-state index contributed by atoms with van der Waals surface area (Å²) in [5.74, 6) is 0. The molecule has 0 aromatic heterocycles. The molecule has 6 heavy (non-hydrogen) atoms. The zero-order chi connectivity index (χ0) is 4.99. The third-order valence-corrected chi connectivity index (χ3v) is 0.381. The van der Waals surface area contributed by atoms with E-state index in [0.29, 0.717) is 0 Å². The first-order valence-electron chi connectivity index (χ1n) is 1.44. The Bertz CT molecular complexity index is 71.6. The van der Waals surface area contributed by atoms with Crippen molar-refractivity contribution in [3.8, 4) is 0 Å². The van der Waals surface area contributed by atoms with Crippen molar-refractivity contribution in [3.63, 3.8) is 0 Å². The fourth-order valence-electron chi connectivity index (χ4n) is 0.0972. The number of rotatable bonds is 1. The van der Waals surface area contributed by atoms with E-state index >= 15 is 0 Å². The Morgan fingerprint density at radius 1 is 1.83 bits per heavy atom. The van der Waals surface area contributed by atoms with E-state index in [2.05, 4.69) is 6.58 Å². The van der Waals surface area contributed by atoms with Gasteiger partial charge in [0.05, 0.1) is 0 Å². The molecule has 0 atom stereocenters.